The van der Waals surface area contributed by atoms with Gasteiger partial charge in [-0.2, -0.15) is 0 Å². The maximum Gasteiger partial charge on any atom is 0.247 e. The van der Waals surface area contributed by atoms with Crippen LogP contribution in [-0.2, 0) is 11.2 Å². The van der Waals surface area contributed by atoms with Crippen molar-refractivity contribution >= 4 is 46.6 Å². The van der Waals surface area contributed by atoms with Crippen LogP contribution in [0.2, 0.25) is 0 Å². The molecule has 8 heteroatoms. The van der Waals surface area contributed by atoms with Gasteiger partial charge >= 0.3 is 0 Å². The molecule has 0 bridgehead atoms. The van der Waals surface area contributed by atoms with Crippen LogP contribution in [0.15, 0.2) is 29.3 Å². The Balaban J connectivity index is 2.91. The molecular formula is C11H10Cl3N2O3-. The number of aromatic hydroxyl groups is 1. The average Bonchev–Trinajstić information content (AvgIpc) is 2.29. The maximum absolute atomic E-state index is 11.0. The molecule has 5 nitrogen and oxygen atoms in total. The summed E-state index contributed by atoms with van der Waals surface area (Å²) in [6.45, 7) is 0. The molecule has 1 aromatic rings. The molecule has 0 heterocycles. The zero-order valence-corrected chi connectivity index (χ0v) is 11.8. The Bertz CT molecular complexity index is 483. The average molecular weight is 325 g/mol. The number of halogens is 3. The third-order valence-corrected chi connectivity index (χ3v) is 2.80. The maximum atomic E-state index is 11.0. The van der Waals surface area contributed by atoms with Crippen molar-refractivity contribution in [2.24, 2.45) is 10.7 Å². The molecular weight excluding hydrogens is 314 g/mol. The van der Waals surface area contributed by atoms with Crippen molar-refractivity contribution in [2.75, 3.05) is 0 Å². The van der Waals surface area contributed by atoms with Crippen LogP contribution in [0, 0.1) is 0 Å². The second-order valence-corrected chi connectivity index (χ2v) is 6.00. The van der Waals surface area contributed by atoms with E-state index < -0.39 is 21.6 Å². The van der Waals surface area contributed by atoms with E-state index in [-0.39, 0.29) is 12.2 Å². The van der Waals surface area contributed by atoms with Gasteiger partial charge in [0.1, 0.15) is 11.6 Å². The molecule has 0 radical (unpaired) electrons. The van der Waals surface area contributed by atoms with Crippen molar-refractivity contribution in [2.45, 2.75) is 16.3 Å². The van der Waals surface area contributed by atoms with Crippen LogP contribution in [0.1, 0.15) is 5.56 Å². The number of nitrogens with zero attached hydrogens (tertiary/aromatic N) is 1. The first-order chi connectivity index (χ1) is 8.70. The first kappa shape index (κ1) is 15.9. The van der Waals surface area contributed by atoms with Gasteiger partial charge in [-0.3, -0.25) is 4.99 Å². The number of phenolic OH excluding ortho intramolecular Hbond substituents is 1. The van der Waals surface area contributed by atoms with Gasteiger partial charge in [0, 0.05) is 6.42 Å². The Labute approximate surface area is 124 Å². The quantitative estimate of drug-likeness (QED) is 0.486. The lowest BCUT2D eigenvalue weighted by atomic mass is 10.1. The highest BCUT2D eigenvalue weighted by Crippen LogP contribution is 2.26. The summed E-state index contributed by atoms with van der Waals surface area (Å²) in [7, 11) is 0. The Morgan fingerprint density at radius 2 is 1.89 bits per heavy atom. The minimum Gasteiger partial charge on any atom is -0.548 e. The Kier molecular flexibility index (Phi) is 5.29. The van der Waals surface area contributed by atoms with Crippen molar-refractivity contribution in [3.05, 3.63) is 29.8 Å². The number of carboxylic acids is 1. The van der Waals surface area contributed by atoms with Crippen molar-refractivity contribution in [3.8, 4) is 5.75 Å². The van der Waals surface area contributed by atoms with E-state index in [0.29, 0.717) is 5.56 Å². The third kappa shape index (κ3) is 5.14. The van der Waals surface area contributed by atoms with Crippen LogP contribution in [0.3, 0.4) is 0 Å². The number of aliphatic carboxylic acids is 1. The summed E-state index contributed by atoms with van der Waals surface area (Å²) in [5.74, 6) is -1.80. The molecule has 0 saturated carbocycles. The first-order valence-electron chi connectivity index (χ1n) is 5.09. The van der Waals surface area contributed by atoms with Crippen molar-refractivity contribution in [3.63, 3.8) is 0 Å². The Hall–Kier alpha value is -1.17. The molecule has 0 spiro atoms. The summed E-state index contributed by atoms with van der Waals surface area (Å²) in [6.07, 6.45) is 0.00403. The van der Waals surface area contributed by atoms with Crippen molar-refractivity contribution in [1.29, 1.82) is 0 Å². The van der Waals surface area contributed by atoms with Crippen LogP contribution >= 0.6 is 34.8 Å². The number of carboxylic acid groups (broad SMARTS) is 1. The van der Waals surface area contributed by atoms with Crippen LogP contribution in [0.5, 0.6) is 5.75 Å². The molecule has 0 aliphatic carbocycles. The number of amidine groups is 1. The monoisotopic (exact) mass is 323 g/mol. The number of alkyl halides is 3. The van der Waals surface area contributed by atoms with Gasteiger partial charge in [-0.1, -0.05) is 46.9 Å². The van der Waals surface area contributed by atoms with Gasteiger partial charge in [-0.05, 0) is 17.7 Å². The number of carbonyl (C=O) groups is 1. The fourth-order valence-electron chi connectivity index (χ4n) is 1.28. The molecule has 1 aromatic carbocycles. The summed E-state index contributed by atoms with van der Waals surface area (Å²) >= 11 is 16.5. The van der Waals surface area contributed by atoms with Gasteiger partial charge in [0.25, 0.3) is 0 Å². The van der Waals surface area contributed by atoms with Crippen LogP contribution < -0.4 is 10.8 Å². The Morgan fingerprint density at radius 3 is 2.32 bits per heavy atom. The third-order valence-electron chi connectivity index (χ3n) is 2.22. The number of hydrogen-bond acceptors (Lipinski definition) is 4. The number of benzene rings is 1. The minimum atomic E-state index is -1.97. The molecule has 0 fully saturated rings. The molecule has 1 rings (SSSR count). The molecule has 0 unspecified atom stereocenters. The van der Waals surface area contributed by atoms with Crippen LogP contribution in [0.25, 0.3) is 0 Å². The van der Waals surface area contributed by atoms with Gasteiger partial charge in [0.15, 0.2) is 0 Å². The van der Waals surface area contributed by atoms with E-state index in [1.54, 1.807) is 12.1 Å². The van der Waals surface area contributed by atoms with Gasteiger partial charge in [0.05, 0.1) is 12.0 Å². The second-order valence-electron chi connectivity index (χ2n) is 3.72. The number of carbonyl (C=O) groups excluding carboxylic acids is 1. The highest BCUT2D eigenvalue weighted by molar-refractivity contribution is 6.76. The second kappa shape index (κ2) is 6.32. The summed E-state index contributed by atoms with van der Waals surface area (Å²) in [6, 6.07) is 4.66. The number of hydrogen-bond donors (Lipinski definition) is 2. The summed E-state index contributed by atoms with van der Waals surface area (Å²) in [5.41, 5.74) is 6.01. The summed E-state index contributed by atoms with van der Waals surface area (Å²) in [4.78, 5) is 14.6. The molecule has 3 N–H and O–H groups in total. The smallest absolute Gasteiger partial charge is 0.247 e. The topological polar surface area (TPSA) is 98.7 Å². The SMILES string of the molecule is NC(=N[C@@H](Cc1ccc(O)cc1)C(=O)[O-])C(Cl)(Cl)Cl. The van der Waals surface area contributed by atoms with E-state index in [1.807, 2.05) is 0 Å². The summed E-state index contributed by atoms with van der Waals surface area (Å²) in [5, 5.41) is 20.1. The van der Waals surface area contributed by atoms with Gasteiger partial charge in [0.2, 0.25) is 3.79 Å². The molecule has 0 aliphatic rings. The molecule has 0 aromatic heterocycles. The van der Waals surface area contributed by atoms with E-state index in [9.17, 15) is 9.90 Å². The van der Waals surface area contributed by atoms with Crippen molar-refractivity contribution in [1.82, 2.24) is 0 Å². The standard InChI is InChI=1S/C11H11Cl3N2O3/c12-11(13,14)10(15)16-8(9(18)19)5-6-1-3-7(17)4-2-6/h1-4,8,17H,5H2,(H2,15,16)(H,18,19)/p-1/t8-/m0/s1. The zero-order valence-electron chi connectivity index (χ0n) is 9.52. The number of aliphatic imine (C=N–C) groups is 1. The lowest BCUT2D eigenvalue weighted by molar-refractivity contribution is -0.307. The van der Waals surface area contributed by atoms with Gasteiger partial charge in [-0.15, -0.1) is 0 Å². The molecule has 19 heavy (non-hydrogen) atoms. The molecule has 1 atom stereocenters. The molecule has 0 saturated heterocycles. The highest BCUT2D eigenvalue weighted by atomic mass is 35.6. The zero-order chi connectivity index (χ0) is 14.6. The molecule has 104 valence electrons. The van der Waals surface area contributed by atoms with E-state index in [0.717, 1.165) is 0 Å². The van der Waals surface area contributed by atoms with Crippen molar-refractivity contribution < 1.29 is 15.0 Å². The van der Waals surface area contributed by atoms with Crippen LogP contribution in [0.4, 0.5) is 0 Å². The predicted octanol–water partition coefficient (Wildman–Crippen LogP) is 0.781. The van der Waals surface area contributed by atoms with E-state index >= 15 is 0 Å². The molecule has 0 aliphatic heterocycles. The summed E-state index contributed by atoms with van der Waals surface area (Å²) < 4.78 is -1.97. The Morgan fingerprint density at radius 1 is 1.37 bits per heavy atom. The van der Waals surface area contributed by atoms with Gasteiger partial charge in [-0.25, -0.2) is 0 Å². The first-order valence-corrected chi connectivity index (χ1v) is 6.23. The van der Waals surface area contributed by atoms with E-state index in [4.69, 9.17) is 45.6 Å². The number of nitrogens with two attached hydrogens (primary N) is 1. The van der Waals surface area contributed by atoms with Crippen LogP contribution in [-0.4, -0.2) is 26.7 Å². The normalized spacial score (nSPS) is 14.2. The lowest BCUT2D eigenvalue weighted by Gasteiger charge is -2.17. The lowest BCUT2D eigenvalue weighted by Crippen LogP contribution is -2.39. The number of phenols is 1. The van der Waals surface area contributed by atoms with E-state index in [1.165, 1.54) is 12.1 Å². The number of rotatable bonds is 4. The fourth-order valence-corrected chi connectivity index (χ4v) is 1.42. The molecule has 0 amide bonds. The largest absolute Gasteiger partial charge is 0.548 e. The minimum absolute atomic E-state index is 0.00403. The van der Waals surface area contributed by atoms with E-state index in [2.05, 4.69) is 4.99 Å². The van der Waals surface area contributed by atoms with Gasteiger partial charge < -0.3 is 20.7 Å². The fraction of sp³-hybridized carbons (Fsp3) is 0.273. The predicted molar refractivity (Wildman–Crippen MR) is 72.5 cm³/mol. The highest BCUT2D eigenvalue weighted by Gasteiger charge is 2.26.